The number of carboxylic acid groups (broad SMARTS) is 2. The summed E-state index contributed by atoms with van der Waals surface area (Å²) in [6.07, 6.45) is 1.55. The van der Waals surface area contributed by atoms with Crippen LogP contribution in [0.5, 0.6) is 0 Å². The van der Waals surface area contributed by atoms with Gasteiger partial charge in [0.15, 0.2) is 0 Å². The molecular weight excluding hydrogens is 258 g/mol. The molecule has 112 valence electrons. The Balaban J connectivity index is 3.72. The summed E-state index contributed by atoms with van der Waals surface area (Å²) in [5.74, 6) is -2.82. The molecule has 0 heterocycles. The van der Waals surface area contributed by atoms with Gasteiger partial charge in [-0.2, -0.15) is 0 Å². The molecule has 0 aromatic heterocycles. The topological polar surface area (TPSA) is 98.5 Å². The van der Waals surface area contributed by atoms with E-state index in [4.69, 9.17) is 5.41 Å². The van der Waals surface area contributed by atoms with Crippen molar-refractivity contribution in [2.75, 3.05) is 0 Å². The average molecular weight is 281 g/mol. The van der Waals surface area contributed by atoms with E-state index in [0.717, 1.165) is 0 Å². The van der Waals surface area contributed by atoms with E-state index in [2.05, 4.69) is 0 Å². The van der Waals surface area contributed by atoms with E-state index in [0.29, 0.717) is 5.57 Å². The third-order valence-electron chi connectivity index (χ3n) is 4.91. The largest absolute Gasteiger partial charge is 0.481 e. The van der Waals surface area contributed by atoms with Crippen LogP contribution in [0.2, 0.25) is 0 Å². The lowest BCUT2D eigenvalue weighted by atomic mass is 9.51. The van der Waals surface area contributed by atoms with Gasteiger partial charge in [-0.25, -0.2) is 0 Å². The van der Waals surface area contributed by atoms with Crippen molar-refractivity contribution in [1.29, 1.82) is 5.41 Å². The highest BCUT2D eigenvalue weighted by atomic mass is 16.4. The zero-order valence-corrected chi connectivity index (χ0v) is 12.9. The van der Waals surface area contributed by atoms with Crippen LogP contribution in [0.25, 0.3) is 0 Å². The first kappa shape index (κ1) is 16.4. The second kappa shape index (κ2) is 4.43. The molecule has 0 aromatic rings. The molecule has 20 heavy (non-hydrogen) atoms. The number of carboxylic acids is 2. The number of hydrogen-bond donors (Lipinski definition) is 3. The Labute approximate surface area is 119 Å². The normalized spacial score (nSPS) is 34.6. The summed E-state index contributed by atoms with van der Waals surface area (Å²) in [5.41, 5.74) is -2.98. The summed E-state index contributed by atoms with van der Waals surface area (Å²) < 4.78 is 0. The van der Waals surface area contributed by atoms with Crippen LogP contribution in [-0.4, -0.2) is 27.9 Å². The smallest absolute Gasteiger partial charge is 0.319 e. The minimum atomic E-state index is -1.43. The van der Waals surface area contributed by atoms with Gasteiger partial charge in [0.25, 0.3) is 0 Å². The number of rotatable bonds is 2. The van der Waals surface area contributed by atoms with E-state index in [1.54, 1.807) is 40.7 Å². The standard InChI is InChI=1S/C15H23NO4/c1-8-7-15(12(19)20,13(3,4)5)9(2)10(16)14(8,6)11(17)18/h7,9,16H,1-6H3,(H,17,18)(H,19,20). The molecule has 5 heteroatoms. The first-order valence-corrected chi connectivity index (χ1v) is 6.59. The molecule has 0 bridgehead atoms. The Hall–Kier alpha value is -1.65. The fourth-order valence-electron chi connectivity index (χ4n) is 3.20. The molecule has 5 nitrogen and oxygen atoms in total. The predicted octanol–water partition coefficient (Wildman–Crippen LogP) is 2.81. The second-order valence-corrected chi connectivity index (χ2v) is 6.82. The van der Waals surface area contributed by atoms with Gasteiger partial charge < -0.3 is 15.6 Å². The summed E-state index contributed by atoms with van der Waals surface area (Å²) in [4.78, 5) is 23.5. The van der Waals surface area contributed by atoms with Crippen molar-refractivity contribution in [3.63, 3.8) is 0 Å². The average Bonchev–Trinajstić information content (AvgIpc) is 2.28. The lowest BCUT2D eigenvalue weighted by Gasteiger charge is -2.50. The van der Waals surface area contributed by atoms with Crippen LogP contribution >= 0.6 is 0 Å². The Morgan fingerprint density at radius 1 is 1.25 bits per heavy atom. The molecule has 1 aliphatic carbocycles. The van der Waals surface area contributed by atoms with Crippen LogP contribution in [0, 0.1) is 27.6 Å². The van der Waals surface area contributed by atoms with Gasteiger partial charge in [0.05, 0.1) is 5.41 Å². The Morgan fingerprint density at radius 3 is 2.00 bits per heavy atom. The molecule has 0 aliphatic heterocycles. The molecule has 1 rings (SSSR count). The van der Waals surface area contributed by atoms with Crippen LogP contribution < -0.4 is 0 Å². The van der Waals surface area contributed by atoms with Crippen molar-refractivity contribution < 1.29 is 19.8 Å². The summed E-state index contributed by atoms with van der Waals surface area (Å²) >= 11 is 0. The minimum Gasteiger partial charge on any atom is -0.481 e. The molecule has 3 unspecified atom stereocenters. The maximum absolute atomic E-state index is 11.9. The summed E-state index contributed by atoms with van der Waals surface area (Å²) in [7, 11) is 0. The molecule has 3 N–H and O–H groups in total. The monoisotopic (exact) mass is 281 g/mol. The number of nitrogens with one attached hydrogen (secondary N) is 1. The Morgan fingerprint density at radius 2 is 1.70 bits per heavy atom. The Kier molecular flexibility index (Phi) is 3.64. The molecule has 0 amide bonds. The molecule has 0 spiro atoms. The molecule has 0 fully saturated rings. The highest BCUT2D eigenvalue weighted by Gasteiger charge is 2.60. The Bertz CT molecular complexity index is 514. The van der Waals surface area contributed by atoms with Gasteiger partial charge in [0.1, 0.15) is 5.41 Å². The first-order chi connectivity index (χ1) is 8.83. The van der Waals surface area contributed by atoms with Gasteiger partial charge in [0.2, 0.25) is 0 Å². The first-order valence-electron chi connectivity index (χ1n) is 6.59. The van der Waals surface area contributed by atoms with Gasteiger partial charge in [-0.3, -0.25) is 9.59 Å². The highest BCUT2D eigenvalue weighted by molar-refractivity contribution is 6.11. The highest BCUT2D eigenvalue weighted by Crippen LogP contribution is 2.54. The van der Waals surface area contributed by atoms with E-state index < -0.39 is 34.1 Å². The van der Waals surface area contributed by atoms with Crippen LogP contribution in [0.15, 0.2) is 11.6 Å². The van der Waals surface area contributed by atoms with Gasteiger partial charge in [-0.15, -0.1) is 0 Å². The number of carbonyl (C=O) groups is 2. The summed E-state index contributed by atoms with van der Waals surface area (Å²) in [6, 6.07) is 0. The molecular formula is C15H23NO4. The molecule has 3 atom stereocenters. The fourth-order valence-corrected chi connectivity index (χ4v) is 3.20. The maximum atomic E-state index is 11.9. The third-order valence-corrected chi connectivity index (χ3v) is 4.91. The van der Waals surface area contributed by atoms with Gasteiger partial charge in [-0.1, -0.05) is 39.3 Å². The van der Waals surface area contributed by atoms with E-state index in [1.807, 2.05) is 0 Å². The maximum Gasteiger partial charge on any atom is 0.319 e. The fraction of sp³-hybridized carbons (Fsp3) is 0.667. The van der Waals surface area contributed by atoms with Crippen molar-refractivity contribution in [2.45, 2.75) is 41.5 Å². The molecule has 0 radical (unpaired) electrons. The van der Waals surface area contributed by atoms with Crippen molar-refractivity contribution in [3.8, 4) is 0 Å². The zero-order valence-electron chi connectivity index (χ0n) is 12.9. The second-order valence-electron chi connectivity index (χ2n) is 6.82. The van der Waals surface area contributed by atoms with Crippen LogP contribution in [0.1, 0.15) is 41.5 Å². The third kappa shape index (κ3) is 1.79. The van der Waals surface area contributed by atoms with Crippen molar-refractivity contribution >= 4 is 17.7 Å². The molecule has 0 saturated carbocycles. The van der Waals surface area contributed by atoms with Crippen LogP contribution in [0.3, 0.4) is 0 Å². The van der Waals surface area contributed by atoms with Crippen LogP contribution in [0.4, 0.5) is 0 Å². The molecule has 0 saturated heterocycles. The molecule has 0 aromatic carbocycles. The minimum absolute atomic E-state index is 0.0534. The quantitative estimate of drug-likeness (QED) is 0.678. The van der Waals surface area contributed by atoms with Crippen molar-refractivity contribution in [2.24, 2.45) is 22.2 Å². The number of hydrogen-bond acceptors (Lipinski definition) is 3. The van der Waals surface area contributed by atoms with E-state index >= 15 is 0 Å². The van der Waals surface area contributed by atoms with E-state index in [1.165, 1.54) is 6.92 Å². The lowest BCUT2D eigenvalue weighted by molar-refractivity contribution is -0.155. The van der Waals surface area contributed by atoms with Crippen molar-refractivity contribution in [3.05, 3.63) is 11.6 Å². The van der Waals surface area contributed by atoms with Gasteiger partial charge in [-0.05, 0) is 19.3 Å². The van der Waals surface area contributed by atoms with Gasteiger partial charge >= 0.3 is 11.9 Å². The number of aliphatic carboxylic acids is 2. The lowest BCUT2D eigenvalue weighted by Crippen LogP contribution is -2.57. The van der Waals surface area contributed by atoms with E-state index in [-0.39, 0.29) is 5.71 Å². The summed E-state index contributed by atoms with van der Waals surface area (Å²) in [6.45, 7) is 10.1. The van der Waals surface area contributed by atoms with Crippen LogP contribution in [-0.2, 0) is 9.59 Å². The van der Waals surface area contributed by atoms with Crippen molar-refractivity contribution in [1.82, 2.24) is 0 Å². The SMILES string of the molecule is CC1=CC(C(=O)O)(C(C)(C)C)C(C)C(=N)C1(C)C(=O)O. The zero-order chi connectivity index (χ0) is 16.1. The predicted molar refractivity (Wildman–Crippen MR) is 75.9 cm³/mol. The molecule has 1 aliphatic rings. The van der Waals surface area contributed by atoms with Gasteiger partial charge in [0, 0.05) is 11.6 Å². The summed E-state index contributed by atoms with van der Waals surface area (Å²) in [5, 5.41) is 27.4. The van der Waals surface area contributed by atoms with E-state index in [9.17, 15) is 19.8 Å².